The molecule has 0 aliphatic heterocycles. The Bertz CT molecular complexity index is 1220. The number of rotatable bonds is 5. The van der Waals surface area contributed by atoms with Crippen LogP contribution in [0.25, 0.3) is 10.9 Å². The molecule has 1 amide bonds. The highest BCUT2D eigenvalue weighted by Gasteiger charge is 2.19. The van der Waals surface area contributed by atoms with Crippen LogP contribution >= 0.6 is 22.9 Å². The maximum absolute atomic E-state index is 13.3. The number of benzene rings is 2. The summed E-state index contributed by atoms with van der Waals surface area (Å²) in [6, 6.07) is 14.1. The zero-order valence-corrected chi connectivity index (χ0v) is 16.6. The Morgan fingerprint density at radius 3 is 2.72 bits per heavy atom. The van der Waals surface area contributed by atoms with Gasteiger partial charge in [-0.15, -0.1) is 11.3 Å². The average molecular weight is 428 g/mol. The minimum atomic E-state index is -0.439. The molecule has 146 valence electrons. The lowest BCUT2D eigenvalue weighted by atomic mass is 10.1. The van der Waals surface area contributed by atoms with Gasteiger partial charge >= 0.3 is 0 Å². The standard InChI is InChI=1S/C21H15ClFN3O2S/c22-14-5-8-16-17(10-14)24-12-26(21(16)28)11-19(27)25-20(18-2-1-9-29-18)13-3-6-15(23)7-4-13/h1-10,12,20H,11H2,(H,25,27)/t20-/m1/s1. The number of amides is 1. The van der Waals surface area contributed by atoms with Gasteiger partial charge in [0.15, 0.2) is 0 Å². The van der Waals surface area contributed by atoms with Crippen LogP contribution in [-0.2, 0) is 11.3 Å². The second-order valence-corrected chi connectivity index (χ2v) is 7.82. The monoisotopic (exact) mass is 427 g/mol. The van der Waals surface area contributed by atoms with Crippen molar-refractivity contribution in [2.24, 2.45) is 0 Å². The lowest BCUT2D eigenvalue weighted by Crippen LogP contribution is -2.35. The number of hydrogen-bond donors (Lipinski definition) is 1. The van der Waals surface area contributed by atoms with Gasteiger partial charge in [-0.2, -0.15) is 0 Å². The molecule has 4 rings (SSSR count). The molecule has 0 spiro atoms. The largest absolute Gasteiger partial charge is 0.343 e. The van der Waals surface area contributed by atoms with E-state index in [4.69, 9.17) is 11.6 Å². The van der Waals surface area contributed by atoms with Crippen LogP contribution in [0.3, 0.4) is 0 Å². The summed E-state index contributed by atoms with van der Waals surface area (Å²) in [6.45, 7) is -0.187. The number of hydrogen-bond acceptors (Lipinski definition) is 4. The molecule has 0 fully saturated rings. The van der Waals surface area contributed by atoms with Crippen molar-refractivity contribution in [3.05, 3.63) is 97.9 Å². The Hall–Kier alpha value is -3.03. The van der Waals surface area contributed by atoms with E-state index in [-0.39, 0.29) is 23.8 Å². The van der Waals surface area contributed by atoms with E-state index < -0.39 is 6.04 Å². The molecule has 0 unspecified atom stereocenters. The van der Waals surface area contributed by atoms with E-state index in [0.29, 0.717) is 15.9 Å². The molecule has 2 aromatic carbocycles. The lowest BCUT2D eigenvalue weighted by molar-refractivity contribution is -0.122. The SMILES string of the molecule is O=C(Cn1cnc2cc(Cl)ccc2c1=O)N[C@H](c1ccc(F)cc1)c1cccs1. The van der Waals surface area contributed by atoms with Crippen molar-refractivity contribution in [3.63, 3.8) is 0 Å². The quantitative estimate of drug-likeness (QED) is 0.520. The zero-order valence-electron chi connectivity index (χ0n) is 15.0. The summed E-state index contributed by atoms with van der Waals surface area (Å²) in [4.78, 5) is 30.5. The molecular weight excluding hydrogens is 413 g/mol. The van der Waals surface area contributed by atoms with Gasteiger partial charge in [-0.1, -0.05) is 29.8 Å². The number of aromatic nitrogens is 2. The van der Waals surface area contributed by atoms with E-state index in [0.717, 1.165) is 10.4 Å². The van der Waals surface area contributed by atoms with E-state index in [1.165, 1.54) is 34.4 Å². The number of thiophene rings is 1. The molecule has 1 N–H and O–H groups in total. The molecular formula is C21H15ClFN3O2S. The van der Waals surface area contributed by atoms with E-state index in [2.05, 4.69) is 10.3 Å². The second-order valence-electron chi connectivity index (χ2n) is 6.41. The number of carbonyl (C=O) groups is 1. The molecule has 2 aromatic heterocycles. The Labute approximate surface area is 174 Å². The van der Waals surface area contributed by atoms with Crippen molar-refractivity contribution in [3.8, 4) is 0 Å². The van der Waals surface area contributed by atoms with Crippen LogP contribution in [0, 0.1) is 5.82 Å². The minimum absolute atomic E-state index is 0.187. The van der Waals surface area contributed by atoms with Gasteiger partial charge in [0.2, 0.25) is 5.91 Å². The highest BCUT2D eigenvalue weighted by Crippen LogP contribution is 2.26. The molecule has 0 aliphatic carbocycles. The number of halogens is 2. The van der Waals surface area contributed by atoms with Gasteiger partial charge in [0, 0.05) is 9.90 Å². The van der Waals surface area contributed by atoms with E-state index in [1.54, 1.807) is 30.3 Å². The molecule has 0 aliphatic rings. The fraction of sp³-hybridized carbons (Fsp3) is 0.0952. The Balaban J connectivity index is 1.59. The van der Waals surface area contributed by atoms with Gasteiger partial charge in [0.25, 0.3) is 5.56 Å². The molecule has 0 radical (unpaired) electrons. The minimum Gasteiger partial charge on any atom is -0.343 e. The summed E-state index contributed by atoms with van der Waals surface area (Å²) >= 11 is 7.42. The van der Waals surface area contributed by atoms with Crippen LogP contribution in [0.4, 0.5) is 4.39 Å². The summed E-state index contributed by atoms with van der Waals surface area (Å²) in [7, 11) is 0. The highest BCUT2D eigenvalue weighted by molar-refractivity contribution is 7.10. The van der Waals surface area contributed by atoms with Crippen molar-refractivity contribution in [1.29, 1.82) is 0 Å². The van der Waals surface area contributed by atoms with Gasteiger partial charge in [0.05, 0.1) is 23.3 Å². The summed E-state index contributed by atoms with van der Waals surface area (Å²) in [6.07, 6.45) is 1.33. The summed E-state index contributed by atoms with van der Waals surface area (Å²) in [5.74, 6) is -0.705. The first-order chi connectivity index (χ1) is 14.0. The summed E-state index contributed by atoms with van der Waals surface area (Å²) in [5, 5.41) is 5.70. The summed E-state index contributed by atoms with van der Waals surface area (Å²) in [5.41, 5.74) is 0.902. The van der Waals surface area contributed by atoms with Crippen molar-refractivity contribution < 1.29 is 9.18 Å². The third-order valence-electron chi connectivity index (χ3n) is 4.44. The van der Waals surface area contributed by atoms with Gasteiger partial charge in [-0.05, 0) is 47.3 Å². The van der Waals surface area contributed by atoms with Crippen LogP contribution in [-0.4, -0.2) is 15.5 Å². The van der Waals surface area contributed by atoms with Crippen molar-refractivity contribution >= 4 is 39.7 Å². The number of nitrogens with one attached hydrogen (secondary N) is 1. The fourth-order valence-corrected chi connectivity index (χ4v) is 4.00. The third kappa shape index (κ3) is 4.21. The molecule has 29 heavy (non-hydrogen) atoms. The van der Waals surface area contributed by atoms with Crippen LogP contribution in [0.2, 0.25) is 5.02 Å². The molecule has 0 bridgehead atoms. The van der Waals surface area contributed by atoms with Gasteiger partial charge in [-0.25, -0.2) is 9.37 Å². The molecule has 5 nitrogen and oxygen atoms in total. The molecule has 8 heteroatoms. The Kier molecular flexibility index (Phi) is 5.42. The van der Waals surface area contributed by atoms with Crippen molar-refractivity contribution in [2.45, 2.75) is 12.6 Å². The number of fused-ring (bicyclic) bond motifs is 1. The molecule has 2 heterocycles. The van der Waals surface area contributed by atoms with E-state index in [1.807, 2.05) is 17.5 Å². The predicted octanol–water partition coefficient (Wildman–Crippen LogP) is 4.16. The van der Waals surface area contributed by atoms with Crippen LogP contribution < -0.4 is 10.9 Å². The molecule has 0 saturated carbocycles. The fourth-order valence-electron chi connectivity index (χ4n) is 3.03. The maximum Gasteiger partial charge on any atom is 0.261 e. The normalized spacial score (nSPS) is 12.1. The number of carbonyl (C=O) groups excluding carboxylic acids is 1. The van der Waals surface area contributed by atoms with Crippen molar-refractivity contribution in [2.75, 3.05) is 0 Å². The maximum atomic E-state index is 13.3. The predicted molar refractivity (Wildman–Crippen MR) is 112 cm³/mol. The smallest absolute Gasteiger partial charge is 0.261 e. The average Bonchev–Trinajstić information content (AvgIpc) is 3.24. The zero-order chi connectivity index (χ0) is 20.4. The molecule has 0 saturated heterocycles. The summed E-state index contributed by atoms with van der Waals surface area (Å²) < 4.78 is 14.6. The Morgan fingerprint density at radius 2 is 2.00 bits per heavy atom. The molecule has 1 atom stereocenters. The van der Waals surface area contributed by atoms with Crippen molar-refractivity contribution in [1.82, 2.24) is 14.9 Å². The topological polar surface area (TPSA) is 64.0 Å². The first kappa shape index (κ1) is 19.3. The third-order valence-corrected chi connectivity index (χ3v) is 5.61. The first-order valence-corrected chi connectivity index (χ1v) is 10.00. The first-order valence-electron chi connectivity index (χ1n) is 8.74. The van der Waals surface area contributed by atoms with Gasteiger partial charge in [-0.3, -0.25) is 14.2 Å². The van der Waals surface area contributed by atoms with Gasteiger partial charge in [0.1, 0.15) is 12.4 Å². The van der Waals surface area contributed by atoms with Crippen LogP contribution in [0.5, 0.6) is 0 Å². The van der Waals surface area contributed by atoms with Gasteiger partial charge < -0.3 is 5.32 Å². The van der Waals surface area contributed by atoms with E-state index in [9.17, 15) is 14.0 Å². The molecule has 4 aromatic rings. The highest BCUT2D eigenvalue weighted by atomic mass is 35.5. The lowest BCUT2D eigenvalue weighted by Gasteiger charge is -2.18. The van der Waals surface area contributed by atoms with E-state index >= 15 is 0 Å². The second kappa shape index (κ2) is 8.14. The Morgan fingerprint density at radius 1 is 1.21 bits per heavy atom. The number of nitrogens with zero attached hydrogens (tertiary/aromatic N) is 2. The van der Waals surface area contributed by atoms with Crippen LogP contribution in [0.1, 0.15) is 16.5 Å². The van der Waals surface area contributed by atoms with Crippen LogP contribution in [0.15, 0.2) is 71.1 Å².